The van der Waals surface area contributed by atoms with Crippen LogP contribution in [0, 0.1) is 11.2 Å². The molecule has 0 atom stereocenters. The van der Waals surface area contributed by atoms with Crippen molar-refractivity contribution in [2.45, 2.75) is 19.8 Å². The molecule has 0 saturated carbocycles. The van der Waals surface area contributed by atoms with Crippen LogP contribution >= 0.6 is 0 Å². The van der Waals surface area contributed by atoms with Gasteiger partial charge in [0.2, 0.25) is 5.91 Å². The molecular weight excluding hydrogens is 262 g/mol. The van der Waals surface area contributed by atoms with Crippen LogP contribution in [0.3, 0.4) is 0 Å². The fraction of sp³-hybridized carbons (Fsp3) is 0.200. The van der Waals surface area contributed by atoms with E-state index >= 15 is 0 Å². The molecule has 0 aromatic heterocycles. The van der Waals surface area contributed by atoms with E-state index in [-0.39, 0.29) is 24.4 Å². The first kappa shape index (κ1) is 15.8. The summed E-state index contributed by atoms with van der Waals surface area (Å²) in [5, 5.41) is 9.05. The molecule has 0 aliphatic rings. The Morgan fingerprint density at radius 3 is 2.70 bits per heavy atom. The summed E-state index contributed by atoms with van der Waals surface area (Å²) in [5.74, 6) is -1.60. The summed E-state index contributed by atoms with van der Waals surface area (Å²) in [4.78, 5) is 11.6. The van der Waals surface area contributed by atoms with Gasteiger partial charge < -0.3 is 10.7 Å². The van der Waals surface area contributed by atoms with Crippen LogP contribution in [0.15, 0.2) is 47.9 Å². The Hall–Kier alpha value is -2.30. The highest BCUT2D eigenvalue weighted by atomic mass is 19.1. The summed E-state index contributed by atoms with van der Waals surface area (Å²) < 4.78 is 26.4. The third-order valence-electron chi connectivity index (χ3n) is 2.62. The number of rotatable bonds is 6. The molecule has 0 aliphatic heterocycles. The maximum Gasteiger partial charge on any atom is 0.228 e. The molecule has 1 aromatic rings. The summed E-state index contributed by atoms with van der Waals surface area (Å²) in [7, 11) is 0. The fourth-order valence-electron chi connectivity index (χ4n) is 1.62. The van der Waals surface area contributed by atoms with Crippen LogP contribution in [-0.2, 0) is 11.2 Å². The molecule has 0 radical (unpaired) electrons. The summed E-state index contributed by atoms with van der Waals surface area (Å²) in [5.41, 5.74) is 0.961. The Morgan fingerprint density at radius 1 is 1.45 bits per heavy atom. The molecule has 0 fully saturated rings. The Morgan fingerprint density at radius 2 is 2.10 bits per heavy atom. The van der Waals surface area contributed by atoms with Crippen LogP contribution in [0.4, 0.5) is 8.78 Å². The Kier molecular flexibility index (Phi) is 5.77. The predicted octanol–water partition coefficient (Wildman–Crippen LogP) is 3.28. The first-order chi connectivity index (χ1) is 9.43. The molecule has 2 N–H and O–H groups in total. The molecule has 5 heteroatoms. The molecule has 1 amide bonds. The van der Waals surface area contributed by atoms with Crippen LogP contribution in [0.2, 0.25) is 0 Å². The minimum atomic E-state index is -0.807. The number of benzene rings is 1. The van der Waals surface area contributed by atoms with Crippen molar-refractivity contribution in [3.63, 3.8) is 0 Å². The highest BCUT2D eigenvalue weighted by molar-refractivity contribution is 5.82. The van der Waals surface area contributed by atoms with Gasteiger partial charge in [-0.15, -0.1) is 0 Å². The van der Waals surface area contributed by atoms with Gasteiger partial charge in [0.15, 0.2) is 5.83 Å². The SMILES string of the molecule is C=C(CC(=O)N/C(C)=C(\F)C=N)Cc1ccccc1F. The molecular formula is C15H16F2N2O. The lowest BCUT2D eigenvalue weighted by Crippen LogP contribution is -2.22. The van der Waals surface area contributed by atoms with E-state index in [1.54, 1.807) is 18.2 Å². The van der Waals surface area contributed by atoms with Crippen LogP contribution in [0.5, 0.6) is 0 Å². The monoisotopic (exact) mass is 278 g/mol. The van der Waals surface area contributed by atoms with Crippen LogP contribution < -0.4 is 5.32 Å². The molecule has 1 rings (SSSR count). The van der Waals surface area contributed by atoms with Gasteiger partial charge in [0, 0.05) is 6.42 Å². The van der Waals surface area contributed by atoms with Crippen molar-refractivity contribution in [3.05, 3.63) is 59.3 Å². The van der Waals surface area contributed by atoms with Crippen molar-refractivity contribution in [1.82, 2.24) is 5.32 Å². The van der Waals surface area contributed by atoms with Crippen molar-refractivity contribution in [2.24, 2.45) is 0 Å². The normalized spacial score (nSPS) is 11.6. The zero-order valence-corrected chi connectivity index (χ0v) is 11.2. The zero-order chi connectivity index (χ0) is 15.1. The lowest BCUT2D eigenvalue weighted by molar-refractivity contribution is -0.119. The van der Waals surface area contributed by atoms with Gasteiger partial charge in [0.05, 0.1) is 11.9 Å². The van der Waals surface area contributed by atoms with E-state index < -0.39 is 11.7 Å². The van der Waals surface area contributed by atoms with Crippen LogP contribution in [-0.4, -0.2) is 12.1 Å². The highest BCUT2D eigenvalue weighted by Gasteiger charge is 2.09. The average molecular weight is 278 g/mol. The predicted molar refractivity (Wildman–Crippen MR) is 74.6 cm³/mol. The van der Waals surface area contributed by atoms with Gasteiger partial charge in [-0.05, 0) is 25.0 Å². The first-order valence-corrected chi connectivity index (χ1v) is 6.00. The second-order valence-corrected chi connectivity index (χ2v) is 4.36. The van der Waals surface area contributed by atoms with Crippen LogP contribution in [0.25, 0.3) is 0 Å². The smallest absolute Gasteiger partial charge is 0.228 e. The van der Waals surface area contributed by atoms with Crippen molar-refractivity contribution >= 4 is 12.1 Å². The van der Waals surface area contributed by atoms with Gasteiger partial charge >= 0.3 is 0 Å². The largest absolute Gasteiger partial charge is 0.327 e. The summed E-state index contributed by atoms with van der Waals surface area (Å²) in [6, 6.07) is 6.26. The molecule has 106 valence electrons. The maximum atomic E-state index is 13.4. The van der Waals surface area contributed by atoms with Gasteiger partial charge in [-0.3, -0.25) is 4.79 Å². The summed E-state index contributed by atoms with van der Waals surface area (Å²) >= 11 is 0. The lowest BCUT2D eigenvalue weighted by Gasteiger charge is -2.08. The zero-order valence-electron chi connectivity index (χ0n) is 11.2. The number of nitrogens with one attached hydrogen (secondary N) is 2. The Bertz CT molecular complexity index is 565. The summed E-state index contributed by atoms with van der Waals surface area (Å²) in [6.07, 6.45) is 0.733. The van der Waals surface area contributed by atoms with E-state index in [2.05, 4.69) is 11.9 Å². The van der Waals surface area contributed by atoms with Gasteiger partial charge in [-0.25, -0.2) is 8.78 Å². The van der Waals surface area contributed by atoms with Gasteiger partial charge in [-0.1, -0.05) is 30.4 Å². The minimum absolute atomic E-state index is 0.0244. The molecule has 0 saturated heterocycles. The van der Waals surface area contributed by atoms with E-state index in [4.69, 9.17) is 5.41 Å². The second-order valence-electron chi connectivity index (χ2n) is 4.36. The quantitative estimate of drug-likeness (QED) is 0.609. The van der Waals surface area contributed by atoms with E-state index in [9.17, 15) is 13.6 Å². The minimum Gasteiger partial charge on any atom is -0.327 e. The maximum absolute atomic E-state index is 13.4. The second kappa shape index (κ2) is 7.33. The fourth-order valence-corrected chi connectivity index (χ4v) is 1.62. The van der Waals surface area contributed by atoms with Crippen molar-refractivity contribution in [1.29, 1.82) is 5.41 Å². The Balaban J connectivity index is 2.57. The lowest BCUT2D eigenvalue weighted by atomic mass is 10.0. The number of hydrogen-bond acceptors (Lipinski definition) is 2. The molecule has 0 aliphatic carbocycles. The molecule has 1 aromatic carbocycles. The van der Waals surface area contributed by atoms with Gasteiger partial charge in [-0.2, -0.15) is 0 Å². The molecule has 0 unspecified atom stereocenters. The summed E-state index contributed by atoms with van der Waals surface area (Å²) in [6.45, 7) is 5.08. The van der Waals surface area contributed by atoms with Gasteiger partial charge in [0.1, 0.15) is 5.82 Å². The highest BCUT2D eigenvalue weighted by Crippen LogP contribution is 2.13. The van der Waals surface area contributed by atoms with E-state index in [1.165, 1.54) is 13.0 Å². The number of carbonyl (C=O) groups excluding carboxylic acids is 1. The number of carbonyl (C=O) groups is 1. The molecule has 0 bridgehead atoms. The third-order valence-corrected chi connectivity index (χ3v) is 2.62. The third kappa shape index (κ3) is 4.76. The molecule has 0 heterocycles. The topological polar surface area (TPSA) is 53.0 Å². The van der Waals surface area contributed by atoms with Crippen molar-refractivity contribution in [2.75, 3.05) is 0 Å². The van der Waals surface area contributed by atoms with E-state index in [1.807, 2.05) is 0 Å². The number of halogens is 2. The van der Waals surface area contributed by atoms with Crippen LogP contribution in [0.1, 0.15) is 18.9 Å². The Labute approximate surface area is 116 Å². The number of allylic oxidation sites excluding steroid dienone is 2. The van der Waals surface area contributed by atoms with E-state index in [0.29, 0.717) is 17.4 Å². The van der Waals surface area contributed by atoms with Gasteiger partial charge in [0.25, 0.3) is 0 Å². The van der Waals surface area contributed by atoms with Crippen molar-refractivity contribution < 1.29 is 13.6 Å². The molecule has 20 heavy (non-hydrogen) atoms. The standard InChI is InChI=1S/C15H16F2N2O/c1-10(7-12-5-3-4-6-13(12)16)8-15(20)19-11(2)14(17)9-18/h3-6,9,18H,1,7-8H2,2H3,(H,19,20)/b14-11-,18-9?. The number of amides is 1. The van der Waals surface area contributed by atoms with Crippen molar-refractivity contribution in [3.8, 4) is 0 Å². The molecule has 0 spiro atoms. The molecule has 3 nitrogen and oxygen atoms in total. The average Bonchev–Trinajstić information content (AvgIpc) is 2.40. The number of hydrogen-bond donors (Lipinski definition) is 2. The van der Waals surface area contributed by atoms with E-state index in [0.717, 1.165) is 0 Å². The first-order valence-electron chi connectivity index (χ1n) is 6.00.